The third-order valence-corrected chi connectivity index (χ3v) is 12.9. The first-order valence-corrected chi connectivity index (χ1v) is 21.2. The van der Waals surface area contributed by atoms with E-state index in [1.165, 1.54) is 42.1 Å². The zero-order valence-corrected chi connectivity index (χ0v) is 36.0. The Labute approximate surface area is 367 Å². The van der Waals surface area contributed by atoms with Crippen LogP contribution in [-0.4, -0.2) is 105 Å². The van der Waals surface area contributed by atoms with E-state index in [1.807, 2.05) is 13.8 Å². The van der Waals surface area contributed by atoms with Crippen molar-refractivity contribution >= 4 is 50.7 Å². The summed E-state index contributed by atoms with van der Waals surface area (Å²) in [5.74, 6) is -1.06. The lowest BCUT2D eigenvalue weighted by atomic mass is 9.92. The van der Waals surface area contributed by atoms with Gasteiger partial charge in [0, 0.05) is 61.3 Å². The highest BCUT2D eigenvalue weighted by atomic mass is 35.5. The predicted molar refractivity (Wildman–Crippen MR) is 226 cm³/mol. The molecule has 1 N–H and O–H groups in total. The van der Waals surface area contributed by atoms with E-state index in [9.17, 15) is 27.5 Å². The number of nitrogens with zero attached hydrogens (tertiary/aromatic N) is 6. The molecule has 62 heavy (non-hydrogen) atoms. The molecule has 3 aliphatic rings. The molecular formula is C43H40Cl2F4N6O6S. The standard InChI is InChI=1S/C43H40Cl2F4N6O6S/c1-23-33-24(2)37(45)38(36(23)44)60-30(18-54-14-12-53(3)13-15-54)20-58-29-8-9-31(59-19-28-10-11-52-55(28)21-43(47,48)49)26(16-29)17-32(42(56)57)61-40-35-34(33)39(62-41(35)51-22-50-40)25-4-6-27(46)7-5-25/h4-11,16,22,30,32H,12-15,17-21H2,1-3H3,(H,56,57)/t30-,32-/m1/s1. The Morgan fingerprint density at radius 3 is 2.40 bits per heavy atom. The molecule has 3 aromatic carbocycles. The smallest absolute Gasteiger partial charge is 0.408 e. The number of carboxylic acid groups (broad SMARTS) is 1. The van der Waals surface area contributed by atoms with Gasteiger partial charge in [-0.1, -0.05) is 35.3 Å². The van der Waals surface area contributed by atoms with Gasteiger partial charge in [-0.15, -0.1) is 11.3 Å². The summed E-state index contributed by atoms with van der Waals surface area (Å²) in [5, 5.41) is 15.4. The number of carbonyl (C=O) groups is 1. The number of thiophene rings is 1. The molecular weight excluding hydrogens is 875 g/mol. The van der Waals surface area contributed by atoms with Gasteiger partial charge in [0.2, 0.25) is 12.0 Å². The summed E-state index contributed by atoms with van der Waals surface area (Å²) in [6.45, 7) is 5.80. The summed E-state index contributed by atoms with van der Waals surface area (Å²) in [5.41, 5.74) is 3.47. The van der Waals surface area contributed by atoms with E-state index >= 15 is 0 Å². The molecule has 0 aliphatic carbocycles. The molecule has 0 radical (unpaired) electrons. The number of aliphatic carboxylic acids is 1. The van der Waals surface area contributed by atoms with Crippen LogP contribution >= 0.6 is 34.5 Å². The summed E-state index contributed by atoms with van der Waals surface area (Å²) >= 11 is 15.8. The molecule has 9 rings (SSSR count). The number of hydrogen-bond acceptors (Lipinski definition) is 11. The summed E-state index contributed by atoms with van der Waals surface area (Å²) < 4.78 is 80.6. The van der Waals surface area contributed by atoms with Gasteiger partial charge < -0.3 is 29.0 Å². The molecule has 1 saturated heterocycles. The maximum atomic E-state index is 14.3. The fraction of sp³-hybridized carbons (Fsp3) is 0.349. The quantitative estimate of drug-likeness (QED) is 0.147. The van der Waals surface area contributed by atoms with Crippen LogP contribution in [0.2, 0.25) is 10.0 Å². The lowest BCUT2D eigenvalue weighted by Gasteiger charge is -2.35. The van der Waals surface area contributed by atoms with E-state index in [0.29, 0.717) is 60.8 Å². The zero-order chi connectivity index (χ0) is 43.9. The van der Waals surface area contributed by atoms with E-state index in [4.69, 9.17) is 42.1 Å². The third-order valence-electron chi connectivity index (χ3n) is 10.9. The van der Waals surface area contributed by atoms with Crippen molar-refractivity contribution < 1.29 is 46.4 Å². The van der Waals surface area contributed by atoms with Crippen LogP contribution in [0, 0.1) is 19.7 Å². The van der Waals surface area contributed by atoms with Crippen LogP contribution in [0.3, 0.4) is 0 Å². The molecule has 0 amide bonds. The van der Waals surface area contributed by atoms with Gasteiger partial charge in [-0.3, -0.25) is 9.58 Å². The highest BCUT2D eigenvalue weighted by Gasteiger charge is 2.33. The Balaban J connectivity index is 1.28. The maximum absolute atomic E-state index is 14.3. The summed E-state index contributed by atoms with van der Waals surface area (Å²) in [6, 6.07) is 12.1. The van der Waals surface area contributed by atoms with Crippen LogP contribution in [-0.2, 0) is 24.4 Å². The van der Waals surface area contributed by atoms with Crippen molar-refractivity contribution in [1.82, 2.24) is 29.5 Å². The molecule has 12 nitrogen and oxygen atoms in total. The number of alkyl halides is 3. The number of halogens is 6. The highest BCUT2D eigenvalue weighted by molar-refractivity contribution is 7.22. The molecule has 4 bridgehead atoms. The van der Waals surface area contributed by atoms with Gasteiger partial charge in [-0.2, -0.15) is 18.3 Å². The van der Waals surface area contributed by atoms with Crippen molar-refractivity contribution in [2.45, 2.75) is 51.8 Å². The molecule has 0 saturated carbocycles. The Hall–Kier alpha value is -5.20. The van der Waals surface area contributed by atoms with Crippen LogP contribution in [0.1, 0.15) is 22.4 Å². The van der Waals surface area contributed by atoms with Crippen LogP contribution in [0.5, 0.6) is 23.1 Å². The lowest BCUT2D eigenvalue weighted by Crippen LogP contribution is -2.49. The molecule has 1 fully saturated rings. The number of hydrogen-bond donors (Lipinski definition) is 1. The molecule has 6 aromatic rings. The van der Waals surface area contributed by atoms with E-state index < -0.39 is 36.7 Å². The second-order valence-electron chi connectivity index (χ2n) is 15.2. The minimum Gasteiger partial charge on any atom is -0.490 e. The first-order valence-electron chi connectivity index (χ1n) is 19.6. The van der Waals surface area contributed by atoms with Gasteiger partial charge in [-0.25, -0.2) is 19.2 Å². The number of fused-ring (bicyclic) bond motifs is 7. The SMILES string of the molecule is Cc1c(Cl)c2c(Cl)c(C)c1-c1c(-c3ccc(F)cc3)sc3ncnc(c13)O[C@@H](C(=O)O)Cc1cc(ccc1OCc1ccnn1CC(F)(F)F)OC[C@@H](CN1CCN(C)CC1)O2. The molecule has 2 atom stereocenters. The average molecular weight is 916 g/mol. The lowest BCUT2D eigenvalue weighted by molar-refractivity contribution is -0.145. The van der Waals surface area contributed by atoms with Crippen molar-refractivity contribution in [1.29, 1.82) is 0 Å². The van der Waals surface area contributed by atoms with Crippen molar-refractivity contribution in [3.63, 3.8) is 0 Å². The normalized spacial score (nSPS) is 17.6. The summed E-state index contributed by atoms with van der Waals surface area (Å²) in [7, 11) is 2.06. The van der Waals surface area contributed by atoms with Crippen LogP contribution in [0.4, 0.5) is 17.6 Å². The van der Waals surface area contributed by atoms with E-state index in [1.54, 1.807) is 30.3 Å². The maximum Gasteiger partial charge on any atom is 0.408 e. The monoisotopic (exact) mass is 914 g/mol. The number of aromatic nitrogens is 4. The van der Waals surface area contributed by atoms with E-state index in [2.05, 4.69) is 31.9 Å². The minimum absolute atomic E-state index is 0.0227. The number of ether oxygens (including phenoxy) is 4. The summed E-state index contributed by atoms with van der Waals surface area (Å²) in [6.07, 6.45) is -4.48. The van der Waals surface area contributed by atoms with Gasteiger partial charge in [0.1, 0.15) is 54.3 Å². The average Bonchev–Trinajstić information content (AvgIpc) is 3.84. The zero-order valence-electron chi connectivity index (χ0n) is 33.6. The van der Waals surface area contributed by atoms with Crippen LogP contribution < -0.4 is 18.9 Å². The first kappa shape index (κ1) is 43.4. The predicted octanol–water partition coefficient (Wildman–Crippen LogP) is 8.89. The Bertz CT molecular complexity index is 2590. The van der Waals surface area contributed by atoms with E-state index in [0.717, 1.165) is 30.9 Å². The number of rotatable bonds is 8. The van der Waals surface area contributed by atoms with Gasteiger partial charge >= 0.3 is 12.1 Å². The highest BCUT2D eigenvalue weighted by Crippen LogP contribution is 2.53. The van der Waals surface area contributed by atoms with Gasteiger partial charge in [0.15, 0.2) is 5.75 Å². The van der Waals surface area contributed by atoms with Gasteiger partial charge in [0.25, 0.3) is 0 Å². The Morgan fingerprint density at radius 2 is 1.71 bits per heavy atom. The van der Waals surface area contributed by atoms with Gasteiger partial charge in [0.05, 0.1) is 21.1 Å². The van der Waals surface area contributed by atoms with Crippen LogP contribution in [0.25, 0.3) is 31.8 Å². The van der Waals surface area contributed by atoms with Crippen molar-refractivity contribution in [3.05, 3.63) is 99.3 Å². The fourth-order valence-corrected chi connectivity index (χ4v) is 9.32. The molecule has 0 unspecified atom stereocenters. The Kier molecular flexibility index (Phi) is 12.5. The van der Waals surface area contributed by atoms with Crippen molar-refractivity contribution in [2.75, 3.05) is 46.4 Å². The van der Waals surface area contributed by atoms with Crippen LogP contribution in [0.15, 0.2) is 61.1 Å². The first-order chi connectivity index (χ1) is 29.6. The Morgan fingerprint density at radius 1 is 0.984 bits per heavy atom. The number of likely N-dealkylation sites (N-methyl/N-ethyl adjacent to an activating group) is 1. The topological polar surface area (TPSA) is 124 Å². The molecule has 326 valence electrons. The van der Waals surface area contributed by atoms with Crippen molar-refractivity contribution in [3.8, 4) is 44.7 Å². The molecule has 3 aliphatic heterocycles. The molecule has 0 spiro atoms. The molecule has 3 aromatic heterocycles. The third kappa shape index (κ3) is 9.27. The number of benzene rings is 3. The second kappa shape index (κ2) is 17.9. The fourth-order valence-electron chi connectivity index (χ4n) is 7.66. The summed E-state index contributed by atoms with van der Waals surface area (Å²) in [4.78, 5) is 27.8. The van der Waals surface area contributed by atoms with Gasteiger partial charge in [-0.05, 0) is 79.5 Å². The number of carboxylic acids is 1. The van der Waals surface area contributed by atoms with E-state index in [-0.39, 0.29) is 52.8 Å². The molecule has 6 heterocycles. The molecule has 19 heteroatoms. The number of piperazine rings is 1. The van der Waals surface area contributed by atoms with Crippen molar-refractivity contribution in [2.24, 2.45) is 0 Å². The largest absolute Gasteiger partial charge is 0.490 e. The minimum atomic E-state index is -4.52. The second-order valence-corrected chi connectivity index (χ2v) is 17.0.